The number of carbonyl (C=O) groups is 1. The van der Waals surface area contributed by atoms with E-state index in [1.54, 1.807) is 0 Å². The Morgan fingerprint density at radius 3 is 2.67 bits per heavy atom. The third-order valence-corrected chi connectivity index (χ3v) is 5.36. The van der Waals surface area contributed by atoms with Gasteiger partial charge in [0.25, 0.3) is 0 Å². The second-order valence-electron chi connectivity index (χ2n) is 6.79. The molecule has 2 aliphatic heterocycles. The van der Waals surface area contributed by atoms with E-state index < -0.39 is 0 Å². The summed E-state index contributed by atoms with van der Waals surface area (Å²) in [5, 5.41) is 3.59. The molecule has 1 aliphatic carbocycles. The zero-order chi connectivity index (χ0) is 12.6. The normalized spacial score (nSPS) is 35.3. The molecule has 2 heterocycles. The minimum atomic E-state index is -0.0499. The number of nitrogens with one attached hydrogen (secondary N) is 1. The molecule has 0 spiro atoms. The maximum Gasteiger partial charge on any atom is 0.228 e. The minimum Gasteiger partial charge on any atom is -0.340 e. The topological polar surface area (TPSA) is 32.3 Å². The molecule has 2 saturated heterocycles. The zero-order valence-corrected chi connectivity index (χ0v) is 11.6. The molecule has 18 heavy (non-hydrogen) atoms. The standard InChI is InChI=1S/C15H26N2O/c1-15(7-3-2-4-8-15)14(18)17-10-12-6-5-9-16-13(12)11-17/h12-13,16H,2-11H2,1H3. The van der Waals surface area contributed by atoms with E-state index in [9.17, 15) is 4.79 Å². The van der Waals surface area contributed by atoms with Crippen LogP contribution in [0.3, 0.4) is 0 Å². The lowest BCUT2D eigenvalue weighted by Crippen LogP contribution is -2.44. The van der Waals surface area contributed by atoms with E-state index >= 15 is 0 Å². The maximum absolute atomic E-state index is 12.8. The van der Waals surface area contributed by atoms with Crippen LogP contribution >= 0.6 is 0 Å². The third kappa shape index (κ3) is 2.18. The van der Waals surface area contributed by atoms with Crippen molar-refractivity contribution >= 4 is 5.91 Å². The van der Waals surface area contributed by atoms with Crippen LogP contribution in [0, 0.1) is 11.3 Å². The van der Waals surface area contributed by atoms with Gasteiger partial charge in [-0.25, -0.2) is 0 Å². The number of rotatable bonds is 1. The predicted molar refractivity (Wildman–Crippen MR) is 72.3 cm³/mol. The van der Waals surface area contributed by atoms with Crippen LogP contribution in [0.2, 0.25) is 0 Å². The van der Waals surface area contributed by atoms with E-state index in [0.717, 1.165) is 38.4 Å². The van der Waals surface area contributed by atoms with Crippen molar-refractivity contribution in [2.75, 3.05) is 19.6 Å². The molecule has 2 atom stereocenters. The number of piperidine rings is 1. The van der Waals surface area contributed by atoms with Crippen LogP contribution < -0.4 is 5.32 Å². The SMILES string of the molecule is CC1(C(=O)N2CC3CCCNC3C2)CCCCC1. The van der Waals surface area contributed by atoms with Gasteiger partial charge in [-0.2, -0.15) is 0 Å². The quantitative estimate of drug-likeness (QED) is 0.773. The Morgan fingerprint density at radius 1 is 1.17 bits per heavy atom. The molecular formula is C15H26N2O. The first kappa shape index (κ1) is 12.5. The van der Waals surface area contributed by atoms with E-state index in [1.807, 2.05) is 0 Å². The highest BCUT2D eigenvalue weighted by atomic mass is 16.2. The lowest BCUT2D eigenvalue weighted by atomic mass is 9.74. The monoisotopic (exact) mass is 250 g/mol. The second kappa shape index (κ2) is 4.84. The molecule has 1 amide bonds. The van der Waals surface area contributed by atoms with Crippen molar-refractivity contribution in [3.05, 3.63) is 0 Å². The number of carbonyl (C=O) groups excluding carboxylic acids is 1. The van der Waals surface area contributed by atoms with Crippen molar-refractivity contribution < 1.29 is 4.79 Å². The van der Waals surface area contributed by atoms with Gasteiger partial charge in [-0.05, 0) is 38.1 Å². The lowest BCUT2D eigenvalue weighted by molar-refractivity contribution is -0.142. The molecule has 3 rings (SSSR count). The van der Waals surface area contributed by atoms with Crippen LogP contribution in [-0.4, -0.2) is 36.5 Å². The predicted octanol–water partition coefficient (Wildman–Crippen LogP) is 2.17. The summed E-state index contributed by atoms with van der Waals surface area (Å²) in [4.78, 5) is 14.9. The fourth-order valence-corrected chi connectivity index (χ4v) is 4.14. The van der Waals surface area contributed by atoms with Crippen molar-refractivity contribution in [1.82, 2.24) is 10.2 Å². The Hall–Kier alpha value is -0.570. The Balaban J connectivity index is 1.66. The van der Waals surface area contributed by atoms with E-state index in [4.69, 9.17) is 0 Å². The summed E-state index contributed by atoms with van der Waals surface area (Å²) >= 11 is 0. The number of hydrogen-bond donors (Lipinski definition) is 1. The Kier molecular flexibility index (Phi) is 3.35. The van der Waals surface area contributed by atoms with Gasteiger partial charge in [0.2, 0.25) is 5.91 Å². The van der Waals surface area contributed by atoms with Crippen LogP contribution in [-0.2, 0) is 4.79 Å². The maximum atomic E-state index is 12.8. The van der Waals surface area contributed by atoms with E-state index in [0.29, 0.717) is 11.9 Å². The molecule has 0 bridgehead atoms. The minimum absolute atomic E-state index is 0.0499. The number of nitrogens with zero attached hydrogens (tertiary/aromatic N) is 1. The first-order chi connectivity index (χ1) is 8.69. The van der Waals surface area contributed by atoms with Crippen LogP contribution in [0.5, 0.6) is 0 Å². The molecule has 1 saturated carbocycles. The molecular weight excluding hydrogens is 224 g/mol. The highest BCUT2D eigenvalue weighted by Crippen LogP contribution is 2.39. The smallest absolute Gasteiger partial charge is 0.228 e. The van der Waals surface area contributed by atoms with Crippen molar-refractivity contribution in [3.8, 4) is 0 Å². The summed E-state index contributed by atoms with van der Waals surface area (Å²) < 4.78 is 0. The van der Waals surface area contributed by atoms with Gasteiger partial charge in [0.05, 0.1) is 0 Å². The van der Waals surface area contributed by atoms with Crippen LogP contribution in [0.15, 0.2) is 0 Å². The molecule has 0 aromatic rings. The number of hydrogen-bond acceptors (Lipinski definition) is 2. The molecule has 3 nitrogen and oxygen atoms in total. The largest absolute Gasteiger partial charge is 0.340 e. The van der Waals surface area contributed by atoms with Gasteiger partial charge in [-0.3, -0.25) is 4.79 Å². The van der Waals surface area contributed by atoms with Gasteiger partial charge in [-0.15, -0.1) is 0 Å². The highest BCUT2D eigenvalue weighted by Gasteiger charge is 2.43. The van der Waals surface area contributed by atoms with Crippen molar-refractivity contribution in [2.45, 2.75) is 57.9 Å². The average Bonchev–Trinajstić information content (AvgIpc) is 2.82. The molecule has 102 valence electrons. The van der Waals surface area contributed by atoms with Gasteiger partial charge in [0.15, 0.2) is 0 Å². The first-order valence-corrected chi connectivity index (χ1v) is 7.72. The fourth-order valence-electron chi connectivity index (χ4n) is 4.14. The summed E-state index contributed by atoms with van der Waals surface area (Å²) in [6.45, 7) is 5.30. The average molecular weight is 250 g/mol. The van der Waals surface area contributed by atoms with Gasteiger partial charge in [0.1, 0.15) is 0 Å². The summed E-state index contributed by atoms with van der Waals surface area (Å²) in [6.07, 6.45) is 8.58. The Labute approximate surface area is 110 Å². The summed E-state index contributed by atoms with van der Waals surface area (Å²) in [6, 6.07) is 0.579. The molecule has 3 fully saturated rings. The van der Waals surface area contributed by atoms with Crippen molar-refractivity contribution in [3.63, 3.8) is 0 Å². The molecule has 2 unspecified atom stereocenters. The van der Waals surface area contributed by atoms with Crippen LogP contribution in [0.1, 0.15) is 51.9 Å². The Morgan fingerprint density at radius 2 is 1.94 bits per heavy atom. The zero-order valence-electron chi connectivity index (χ0n) is 11.6. The van der Waals surface area contributed by atoms with E-state index in [-0.39, 0.29) is 5.41 Å². The second-order valence-corrected chi connectivity index (χ2v) is 6.79. The molecule has 3 aliphatic rings. The Bertz CT molecular complexity index is 308. The first-order valence-electron chi connectivity index (χ1n) is 7.72. The molecule has 0 aromatic carbocycles. The molecule has 3 heteroatoms. The van der Waals surface area contributed by atoms with Crippen LogP contribution in [0.4, 0.5) is 0 Å². The summed E-state index contributed by atoms with van der Waals surface area (Å²) in [7, 11) is 0. The third-order valence-electron chi connectivity index (χ3n) is 5.36. The number of fused-ring (bicyclic) bond motifs is 1. The van der Waals surface area contributed by atoms with Gasteiger partial charge in [-0.1, -0.05) is 26.2 Å². The van der Waals surface area contributed by atoms with Crippen LogP contribution in [0.25, 0.3) is 0 Å². The van der Waals surface area contributed by atoms with Gasteiger partial charge in [0, 0.05) is 24.5 Å². The molecule has 0 aromatic heterocycles. The molecule has 1 N–H and O–H groups in total. The number of likely N-dealkylation sites (tertiary alicyclic amines) is 1. The van der Waals surface area contributed by atoms with Gasteiger partial charge >= 0.3 is 0 Å². The van der Waals surface area contributed by atoms with Gasteiger partial charge < -0.3 is 10.2 Å². The fraction of sp³-hybridized carbons (Fsp3) is 0.933. The lowest BCUT2D eigenvalue weighted by Gasteiger charge is -2.35. The number of amides is 1. The van der Waals surface area contributed by atoms with Crippen molar-refractivity contribution in [2.24, 2.45) is 11.3 Å². The van der Waals surface area contributed by atoms with Crippen molar-refractivity contribution in [1.29, 1.82) is 0 Å². The summed E-state index contributed by atoms with van der Waals surface area (Å²) in [5.74, 6) is 1.16. The molecule has 0 radical (unpaired) electrons. The highest BCUT2D eigenvalue weighted by molar-refractivity contribution is 5.82. The van der Waals surface area contributed by atoms with E-state index in [2.05, 4.69) is 17.1 Å². The summed E-state index contributed by atoms with van der Waals surface area (Å²) in [5.41, 5.74) is -0.0499. The van der Waals surface area contributed by atoms with E-state index in [1.165, 1.54) is 32.1 Å².